The second kappa shape index (κ2) is 9.28. The Morgan fingerprint density at radius 3 is 1.97 bits per heavy atom. The number of carbonyl (C=O) groups is 1. The third-order valence-electron chi connectivity index (χ3n) is 5.33. The third kappa shape index (κ3) is 4.30. The van der Waals surface area contributed by atoms with Gasteiger partial charge in [-0.25, -0.2) is 4.68 Å². The van der Waals surface area contributed by atoms with Crippen molar-refractivity contribution in [2.24, 2.45) is 0 Å². The van der Waals surface area contributed by atoms with Crippen LogP contribution >= 0.6 is 46.4 Å². The summed E-state index contributed by atoms with van der Waals surface area (Å²) in [5.41, 5.74) is 4.43. The van der Waals surface area contributed by atoms with Gasteiger partial charge in [0.05, 0.1) is 5.69 Å². The van der Waals surface area contributed by atoms with Crippen LogP contribution in [0.2, 0.25) is 20.1 Å². The standard InChI is InChI=1S/C23H17Cl4N3O2/c1-12-14(9-15-18(24)5-3-6-19(15)25)13(2)30(28-12)23(31)17-11-32-29-22(17)10-16-20(26)7-4-8-21(16)27/h3-8,11H,9-10H2,1-2H3. The Kier molecular flexibility index (Phi) is 6.63. The average molecular weight is 509 g/mol. The van der Waals surface area contributed by atoms with E-state index in [0.717, 1.165) is 11.1 Å². The summed E-state index contributed by atoms with van der Waals surface area (Å²) in [6.45, 7) is 3.67. The summed E-state index contributed by atoms with van der Waals surface area (Å²) in [7, 11) is 0. The summed E-state index contributed by atoms with van der Waals surface area (Å²) in [6.07, 6.45) is 2.01. The molecule has 4 rings (SSSR count). The van der Waals surface area contributed by atoms with Crippen LogP contribution in [0.4, 0.5) is 0 Å². The fourth-order valence-electron chi connectivity index (χ4n) is 3.55. The molecule has 0 fully saturated rings. The zero-order valence-electron chi connectivity index (χ0n) is 17.1. The van der Waals surface area contributed by atoms with Crippen molar-refractivity contribution in [3.05, 3.63) is 102 Å². The first kappa shape index (κ1) is 22.9. The van der Waals surface area contributed by atoms with Crippen LogP contribution in [0.1, 0.15) is 44.1 Å². The Bertz CT molecular complexity index is 1290. The maximum absolute atomic E-state index is 13.3. The van der Waals surface area contributed by atoms with Gasteiger partial charge in [0.1, 0.15) is 17.5 Å². The third-order valence-corrected chi connectivity index (χ3v) is 6.75. The van der Waals surface area contributed by atoms with E-state index in [1.54, 1.807) is 36.4 Å². The molecule has 0 aliphatic carbocycles. The van der Waals surface area contributed by atoms with Gasteiger partial charge in [-0.2, -0.15) is 5.10 Å². The van der Waals surface area contributed by atoms with Gasteiger partial charge in [0.25, 0.3) is 5.91 Å². The van der Waals surface area contributed by atoms with Crippen molar-refractivity contribution >= 4 is 52.3 Å². The predicted molar refractivity (Wildman–Crippen MR) is 126 cm³/mol. The maximum atomic E-state index is 13.3. The second-order valence-corrected chi connectivity index (χ2v) is 8.92. The molecule has 2 heterocycles. The molecule has 5 nitrogen and oxygen atoms in total. The molecule has 0 N–H and O–H groups in total. The second-order valence-electron chi connectivity index (χ2n) is 7.30. The molecule has 0 amide bonds. The monoisotopic (exact) mass is 507 g/mol. The minimum absolute atomic E-state index is 0.247. The number of hydrogen-bond donors (Lipinski definition) is 0. The Morgan fingerprint density at radius 2 is 1.41 bits per heavy atom. The van der Waals surface area contributed by atoms with E-state index in [4.69, 9.17) is 50.9 Å². The highest BCUT2D eigenvalue weighted by Crippen LogP contribution is 2.30. The first-order chi connectivity index (χ1) is 15.3. The normalized spacial score (nSPS) is 11.2. The van der Waals surface area contributed by atoms with E-state index < -0.39 is 0 Å². The van der Waals surface area contributed by atoms with E-state index in [0.29, 0.717) is 49.2 Å². The molecule has 0 aliphatic heterocycles. The zero-order chi connectivity index (χ0) is 23.0. The lowest BCUT2D eigenvalue weighted by atomic mass is 10.0. The summed E-state index contributed by atoms with van der Waals surface area (Å²) in [6, 6.07) is 10.6. The molecular weight excluding hydrogens is 492 g/mol. The first-order valence-corrected chi connectivity index (χ1v) is 11.2. The van der Waals surface area contributed by atoms with Gasteiger partial charge in [-0.05, 0) is 49.2 Å². The van der Waals surface area contributed by atoms with E-state index in [9.17, 15) is 4.79 Å². The van der Waals surface area contributed by atoms with Crippen LogP contribution < -0.4 is 0 Å². The number of benzene rings is 2. The quantitative estimate of drug-likeness (QED) is 0.292. The number of halogens is 4. The molecule has 0 spiro atoms. The first-order valence-electron chi connectivity index (χ1n) is 9.66. The molecule has 9 heteroatoms. The van der Waals surface area contributed by atoms with E-state index in [-0.39, 0.29) is 17.9 Å². The van der Waals surface area contributed by atoms with Crippen LogP contribution in [-0.4, -0.2) is 20.8 Å². The van der Waals surface area contributed by atoms with Crippen LogP contribution in [0.3, 0.4) is 0 Å². The van der Waals surface area contributed by atoms with Crippen molar-refractivity contribution in [3.8, 4) is 0 Å². The molecule has 0 atom stereocenters. The van der Waals surface area contributed by atoms with Crippen molar-refractivity contribution in [3.63, 3.8) is 0 Å². The summed E-state index contributed by atoms with van der Waals surface area (Å²) >= 11 is 25.2. The Hall–Kier alpha value is -2.31. The lowest BCUT2D eigenvalue weighted by molar-refractivity contribution is 0.0941. The van der Waals surface area contributed by atoms with Crippen molar-refractivity contribution in [1.82, 2.24) is 14.9 Å². The van der Waals surface area contributed by atoms with Gasteiger partial charge >= 0.3 is 0 Å². The van der Waals surface area contributed by atoms with E-state index >= 15 is 0 Å². The molecule has 0 saturated carbocycles. The van der Waals surface area contributed by atoms with Gasteiger partial charge in [-0.15, -0.1) is 0 Å². The van der Waals surface area contributed by atoms with Gasteiger partial charge in [-0.3, -0.25) is 4.79 Å². The van der Waals surface area contributed by atoms with Gasteiger partial charge in [-0.1, -0.05) is 63.7 Å². The van der Waals surface area contributed by atoms with Crippen LogP contribution in [0, 0.1) is 13.8 Å². The van der Waals surface area contributed by atoms with Gasteiger partial charge in [0.2, 0.25) is 0 Å². The Morgan fingerprint density at radius 1 is 0.875 bits per heavy atom. The number of carbonyl (C=O) groups excluding carboxylic acids is 1. The number of hydrogen-bond acceptors (Lipinski definition) is 4. The lowest BCUT2D eigenvalue weighted by Crippen LogP contribution is -2.17. The molecule has 0 saturated heterocycles. The topological polar surface area (TPSA) is 60.9 Å². The SMILES string of the molecule is Cc1nn(C(=O)c2conc2Cc2c(Cl)cccc2Cl)c(C)c1Cc1c(Cl)cccc1Cl. The van der Waals surface area contributed by atoms with Crippen molar-refractivity contribution in [2.75, 3.05) is 0 Å². The highest BCUT2D eigenvalue weighted by Gasteiger charge is 2.24. The van der Waals surface area contributed by atoms with Crippen LogP contribution in [0.5, 0.6) is 0 Å². The molecule has 0 unspecified atom stereocenters. The van der Waals surface area contributed by atoms with E-state index in [1.807, 2.05) is 13.8 Å². The Balaban J connectivity index is 1.67. The number of aryl methyl sites for hydroxylation is 1. The lowest BCUT2D eigenvalue weighted by Gasteiger charge is -2.08. The molecular formula is C23H17Cl4N3O2. The highest BCUT2D eigenvalue weighted by atomic mass is 35.5. The van der Waals surface area contributed by atoms with Crippen LogP contribution in [0.25, 0.3) is 0 Å². The fraction of sp³-hybridized carbons (Fsp3) is 0.174. The molecule has 4 aromatic rings. The van der Waals surface area contributed by atoms with Crippen molar-refractivity contribution in [1.29, 1.82) is 0 Å². The minimum Gasteiger partial charge on any atom is -0.364 e. The molecule has 0 radical (unpaired) electrons. The van der Waals surface area contributed by atoms with Crippen LogP contribution in [-0.2, 0) is 12.8 Å². The van der Waals surface area contributed by atoms with E-state index in [2.05, 4.69) is 10.3 Å². The smallest absolute Gasteiger partial charge is 0.283 e. The largest absolute Gasteiger partial charge is 0.364 e. The van der Waals surface area contributed by atoms with Crippen LogP contribution in [0.15, 0.2) is 47.2 Å². The number of rotatable bonds is 5. The molecule has 0 aliphatic rings. The Labute approximate surface area is 204 Å². The minimum atomic E-state index is -0.360. The summed E-state index contributed by atoms with van der Waals surface area (Å²) < 4.78 is 6.46. The summed E-state index contributed by atoms with van der Waals surface area (Å²) in [4.78, 5) is 13.3. The maximum Gasteiger partial charge on any atom is 0.283 e. The number of nitrogens with zero attached hydrogens (tertiary/aromatic N) is 3. The predicted octanol–water partition coefficient (Wildman–Crippen LogP) is 6.97. The van der Waals surface area contributed by atoms with Gasteiger partial charge in [0, 0.05) is 44.2 Å². The summed E-state index contributed by atoms with van der Waals surface area (Å²) in [5.74, 6) is -0.360. The molecule has 2 aromatic carbocycles. The van der Waals surface area contributed by atoms with Gasteiger partial charge < -0.3 is 4.52 Å². The molecule has 164 valence electrons. The van der Waals surface area contributed by atoms with E-state index in [1.165, 1.54) is 10.9 Å². The highest BCUT2D eigenvalue weighted by molar-refractivity contribution is 6.36. The zero-order valence-corrected chi connectivity index (χ0v) is 20.1. The molecule has 2 aromatic heterocycles. The van der Waals surface area contributed by atoms with Crippen molar-refractivity contribution in [2.45, 2.75) is 26.7 Å². The fourth-order valence-corrected chi connectivity index (χ4v) is 4.61. The van der Waals surface area contributed by atoms with Crippen molar-refractivity contribution < 1.29 is 9.32 Å². The average Bonchev–Trinajstić information content (AvgIpc) is 3.32. The number of aromatic nitrogens is 3. The molecule has 0 bridgehead atoms. The molecule has 32 heavy (non-hydrogen) atoms. The summed E-state index contributed by atoms with van der Waals surface area (Å²) in [5, 5.41) is 10.6. The van der Waals surface area contributed by atoms with Gasteiger partial charge in [0.15, 0.2) is 0 Å².